The van der Waals surface area contributed by atoms with Gasteiger partial charge in [-0.2, -0.15) is 0 Å². The molecule has 3 N–H and O–H groups in total. The van der Waals surface area contributed by atoms with E-state index in [0.29, 0.717) is 22.4 Å². The van der Waals surface area contributed by atoms with Gasteiger partial charge in [0.2, 0.25) is 20.0 Å². The second kappa shape index (κ2) is 7.75. The summed E-state index contributed by atoms with van der Waals surface area (Å²) in [5, 5.41) is 5.17. The lowest BCUT2D eigenvalue weighted by atomic mass is 10.1. The van der Waals surface area contributed by atoms with Crippen LogP contribution in [0.3, 0.4) is 0 Å². The van der Waals surface area contributed by atoms with Crippen molar-refractivity contribution in [3.63, 3.8) is 0 Å². The number of nitrogens with one attached hydrogen (secondary N) is 1. The topological polar surface area (TPSA) is 116 Å². The van der Waals surface area contributed by atoms with Crippen molar-refractivity contribution < 1.29 is 21.6 Å². The Morgan fingerprint density at radius 1 is 0.923 bits per heavy atom. The fraction of sp³-hybridized carbons (Fsp3) is 0.294. The van der Waals surface area contributed by atoms with Gasteiger partial charge in [-0.15, -0.1) is 0 Å². The highest BCUT2D eigenvalue weighted by atomic mass is 32.2. The number of rotatable bonds is 7. The van der Waals surface area contributed by atoms with Crippen molar-refractivity contribution in [1.29, 1.82) is 0 Å². The van der Waals surface area contributed by atoms with Crippen LogP contribution in [0.2, 0.25) is 0 Å². The lowest BCUT2D eigenvalue weighted by molar-refractivity contribution is 0.320. The molecule has 0 aliphatic heterocycles. The van der Waals surface area contributed by atoms with Gasteiger partial charge in [-0.3, -0.25) is 0 Å². The lowest BCUT2D eigenvalue weighted by Gasteiger charge is -2.13. The summed E-state index contributed by atoms with van der Waals surface area (Å²) in [4.78, 5) is 0.270. The summed E-state index contributed by atoms with van der Waals surface area (Å²) in [6.07, 6.45) is 0. The van der Waals surface area contributed by atoms with Crippen LogP contribution in [0.1, 0.15) is 16.7 Å². The number of hydrogen-bond acceptors (Lipinski definition) is 5. The van der Waals surface area contributed by atoms with Crippen molar-refractivity contribution in [3.05, 3.63) is 53.1 Å². The summed E-state index contributed by atoms with van der Waals surface area (Å²) >= 11 is 0. The molecule has 0 fully saturated rings. The summed E-state index contributed by atoms with van der Waals surface area (Å²) in [6.45, 7) is 5.21. The van der Waals surface area contributed by atoms with E-state index in [1.165, 1.54) is 12.1 Å². The van der Waals surface area contributed by atoms with Crippen molar-refractivity contribution in [2.24, 2.45) is 5.14 Å². The Morgan fingerprint density at radius 2 is 1.58 bits per heavy atom. The number of aryl methyl sites for hydroxylation is 3. The van der Waals surface area contributed by atoms with Gasteiger partial charge in [-0.1, -0.05) is 18.2 Å². The van der Waals surface area contributed by atoms with Crippen molar-refractivity contribution in [3.8, 4) is 5.75 Å². The van der Waals surface area contributed by atoms with Crippen LogP contribution in [0.5, 0.6) is 5.75 Å². The second-order valence-corrected chi connectivity index (χ2v) is 9.21. The van der Waals surface area contributed by atoms with Gasteiger partial charge in [0.1, 0.15) is 12.4 Å². The standard InChI is InChI=1S/C17H22N2O5S2/c1-12-6-4-5-7-16(12)26(22,23)19-8-9-24-15-10-14(3)17(11-13(15)2)25(18,20)21/h4-7,10-11,19H,8-9H2,1-3H3,(H2,18,20,21). The molecule has 0 heterocycles. The van der Waals surface area contributed by atoms with Crippen LogP contribution in [0, 0.1) is 20.8 Å². The molecule has 2 aromatic carbocycles. The van der Waals surface area contributed by atoms with Gasteiger partial charge in [0.25, 0.3) is 0 Å². The van der Waals surface area contributed by atoms with Gasteiger partial charge < -0.3 is 4.74 Å². The van der Waals surface area contributed by atoms with E-state index in [2.05, 4.69) is 4.72 Å². The third kappa shape index (κ3) is 4.82. The van der Waals surface area contributed by atoms with Crippen LogP contribution in [0.25, 0.3) is 0 Å². The fourth-order valence-electron chi connectivity index (χ4n) is 2.50. The maximum atomic E-state index is 12.3. The number of nitrogens with two attached hydrogens (primary N) is 1. The van der Waals surface area contributed by atoms with E-state index >= 15 is 0 Å². The smallest absolute Gasteiger partial charge is 0.240 e. The average molecular weight is 399 g/mol. The first-order valence-electron chi connectivity index (χ1n) is 7.84. The van der Waals surface area contributed by atoms with Crippen LogP contribution in [0.15, 0.2) is 46.2 Å². The van der Waals surface area contributed by atoms with Gasteiger partial charge in [-0.25, -0.2) is 26.7 Å². The van der Waals surface area contributed by atoms with Gasteiger partial charge in [0, 0.05) is 6.54 Å². The summed E-state index contributed by atoms with van der Waals surface area (Å²) < 4.78 is 55.7. The zero-order chi connectivity index (χ0) is 19.5. The maximum absolute atomic E-state index is 12.3. The molecule has 0 aliphatic carbocycles. The number of benzene rings is 2. The number of primary sulfonamides is 1. The lowest BCUT2D eigenvalue weighted by Crippen LogP contribution is -2.28. The molecule has 0 radical (unpaired) electrons. The van der Waals surface area contributed by atoms with Crippen molar-refractivity contribution in [2.45, 2.75) is 30.6 Å². The van der Waals surface area contributed by atoms with Gasteiger partial charge in [0.15, 0.2) is 0 Å². The summed E-state index contributed by atoms with van der Waals surface area (Å²) in [5.74, 6) is 0.477. The molecule has 0 bridgehead atoms. The monoisotopic (exact) mass is 398 g/mol. The molecule has 9 heteroatoms. The first-order valence-corrected chi connectivity index (χ1v) is 10.9. The molecule has 0 spiro atoms. The molecule has 142 valence electrons. The summed E-state index contributed by atoms with van der Waals surface area (Å²) in [6, 6.07) is 9.72. The Morgan fingerprint density at radius 3 is 2.19 bits per heavy atom. The Bertz CT molecular complexity index is 1020. The Hall–Kier alpha value is -1.94. The van der Waals surface area contributed by atoms with E-state index < -0.39 is 20.0 Å². The Kier molecular flexibility index (Phi) is 6.07. The molecule has 0 saturated heterocycles. The van der Waals surface area contributed by atoms with Crippen molar-refractivity contribution in [1.82, 2.24) is 4.72 Å². The highest BCUT2D eigenvalue weighted by molar-refractivity contribution is 7.89. The van der Waals surface area contributed by atoms with E-state index in [4.69, 9.17) is 9.88 Å². The third-order valence-electron chi connectivity index (χ3n) is 3.81. The van der Waals surface area contributed by atoms with Gasteiger partial charge >= 0.3 is 0 Å². The van der Waals surface area contributed by atoms with E-state index in [1.54, 1.807) is 45.0 Å². The third-order valence-corrected chi connectivity index (χ3v) is 6.49. The largest absolute Gasteiger partial charge is 0.492 e. The highest BCUT2D eigenvalue weighted by Crippen LogP contribution is 2.25. The minimum atomic E-state index is -3.80. The molecular formula is C17H22N2O5S2. The van der Waals surface area contributed by atoms with Crippen LogP contribution >= 0.6 is 0 Å². The van der Waals surface area contributed by atoms with E-state index in [0.717, 1.165) is 0 Å². The fourth-order valence-corrected chi connectivity index (χ4v) is 4.60. The molecule has 26 heavy (non-hydrogen) atoms. The average Bonchev–Trinajstić information content (AvgIpc) is 2.53. The molecule has 0 unspecified atom stereocenters. The minimum absolute atomic E-state index is 0.0441. The van der Waals surface area contributed by atoms with E-state index in [1.807, 2.05) is 0 Å². The van der Waals surface area contributed by atoms with Crippen molar-refractivity contribution in [2.75, 3.05) is 13.2 Å². The maximum Gasteiger partial charge on any atom is 0.240 e. The SMILES string of the molecule is Cc1cc(S(N)(=O)=O)c(C)cc1OCCNS(=O)(=O)c1ccccc1C. The van der Waals surface area contributed by atoms with Crippen molar-refractivity contribution >= 4 is 20.0 Å². The molecule has 0 aromatic heterocycles. The molecule has 0 atom stereocenters. The molecule has 0 aliphatic rings. The van der Waals surface area contributed by atoms with Crippen LogP contribution in [-0.4, -0.2) is 30.0 Å². The number of sulfonamides is 2. The van der Waals surface area contributed by atoms with Crippen LogP contribution in [0.4, 0.5) is 0 Å². The molecule has 2 rings (SSSR count). The predicted molar refractivity (Wildman–Crippen MR) is 99.2 cm³/mol. The zero-order valence-corrected chi connectivity index (χ0v) is 16.4. The minimum Gasteiger partial charge on any atom is -0.492 e. The first kappa shape index (κ1) is 20.4. The van der Waals surface area contributed by atoms with E-state index in [9.17, 15) is 16.8 Å². The summed E-state index contributed by atoms with van der Waals surface area (Å²) in [7, 11) is -7.41. The number of hydrogen-bond donors (Lipinski definition) is 2. The normalized spacial score (nSPS) is 12.2. The quantitative estimate of drug-likeness (QED) is 0.688. The Balaban J connectivity index is 2.03. The predicted octanol–water partition coefficient (Wildman–Crippen LogP) is 1.62. The van der Waals surface area contributed by atoms with Gasteiger partial charge in [-0.05, 0) is 55.7 Å². The second-order valence-electron chi connectivity index (χ2n) is 5.94. The molecule has 7 nitrogen and oxygen atoms in total. The molecule has 2 aromatic rings. The van der Waals surface area contributed by atoms with Crippen LogP contribution < -0.4 is 14.6 Å². The molecular weight excluding hydrogens is 376 g/mol. The van der Waals surface area contributed by atoms with E-state index in [-0.39, 0.29) is 22.9 Å². The zero-order valence-electron chi connectivity index (χ0n) is 14.8. The van der Waals surface area contributed by atoms with Crippen LogP contribution in [-0.2, 0) is 20.0 Å². The first-order chi connectivity index (χ1) is 12.0. The highest BCUT2D eigenvalue weighted by Gasteiger charge is 2.16. The van der Waals surface area contributed by atoms with Gasteiger partial charge in [0.05, 0.1) is 9.79 Å². The molecule has 0 saturated carbocycles. The summed E-state index contributed by atoms with van der Waals surface area (Å²) in [5.41, 5.74) is 1.72. The molecule has 0 amide bonds. The number of ether oxygens (including phenoxy) is 1. The Labute approximate surface area is 154 Å².